The lowest BCUT2D eigenvalue weighted by molar-refractivity contribution is 0.0563. The minimum Gasteiger partial charge on any atom is -0.389 e. The molecular formula is C15H22FNO2. The molecule has 3 nitrogen and oxygen atoms in total. The Morgan fingerprint density at radius 1 is 1.42 bits per heavy atom. The van der Waals surface area contributed by atoms with E-state index in [9.17, 15) is 9.50 Å². The maximum atomic E-state index is 12.9. The number of aliphatic hydroxyl groups excluding tert-OH is 1. The average Bonchev–Trinajstić information content (AvgIpc) is 2.34. The molecule has 106 valence electrons. The molecule has 0 heterocycles. The Morgan fingerprint density at radius 2 is 2.05 bits per heavy atom. The van der Waals surface area contributed by atoms with Crippen molar-refractivity contribution >= 4 is 0 Å². The summed E-state index contributed by atoms with van der Waals surface area (Å²) in [5, 5.41) is 12.9. The lowest BCUT2D eigenvalue weighted by Gasteiger charge is -2.46. The van der Waals surface area contributed by atoms with Crippen molar-refractivity contribution in [1.82, 2.24) is 5.32 Å². The first-order valence-electron chi connectivity index (χ1n) is 6.70. The van der Waals surface area contributed by atoms with Crippen LogP contribution in [-0.2, 0) is 10.2 Å². The molecule has 0 spiro atoms. The van der Waals surface area contributed by atoms with Crippen LogP contribution in [0.1, 0.15) is 25.3 Å². The van der Waals surface area contributed by atoms with Gasteiger partial charge in [-0.25, -0.2) is 4.39 Å². The van der Waals surface area contributed by atoms with Gasteiger partial charge >= 0.3 is 0 Å². The number of aliphatic hydroxyl groups is 1. The molecule has 0 aromatic heterocycles. The Morgan fingerprint density at radius 3 is 2.63 bits per heavy atom. The average molecular weight is 267 g/mol. The van der Waals surface area contributed by atoms with E-state index in [0.717, 1.165) is 12.8 Å². The van der Waals surface area contributed by atoms with E-state index < -0.39 is 6.10 Å². The Kier molecular flexibility index (Phi) is 4.55. The van der Waals surface area contributed by atoms with Crippen molar-refractivity contribution in [2.45, 2.75) is 37.3 Å². The van der Waals surface area contributed by atoms with Gasteiger partial charge in [-0.15, -0.1) is 0 Å². The highest BCUT2D eigenvalue weighted by Gasteiger charge is 2.41. The van der Waals surface area contributed by atoms with Gasteiger partial charge in [0.1, 0.15) is 5.82 Å². The summed E-state index contributed by atoms with van der Waals surface area (Å²) in [7, 11) is 1.58. The number of hydrogen-bond donors (Lipinski definition) is 2. The van der Waals surface area contributed by atoms with Crippen molar-refractivity contribution in [2.24, 2.45) is 0 Å². The zero-order chi connectivity index (χ0) is 13.9. The summed E-state index contributed by atoms with van der Waals surface area (Å²) in [6.07, 6.45) is 1.57. The van der Waals surface area contributed by atoms with Gasteiger partial charge in [0, 0.05) is 19.7 Å². The molecule has 0 amide bonds. The van der Waals surface area contributed by atoms with Gasteiger partial charge < -0.3 is 15.2 Å². The van der Waals surface area contributed by atoms with Gasteiger partial charge in [-0.05, 0) is 36.0 Å². The number of benzene rings is 1. The number of methoxy groups -OCH3 is 1. The van der Waals surface area contributed by atoms with Crippen molar-refractivity contribution in [3.8, 4) is 0 Å². The van der Waals surface area contributed by atoms with E-state index in [1.54, 1.807) is 7.11 Å². The fourth-order valence-electron chi connectivity index (χ4n) is 2.81. The third-order valence-corrected chi connectivity index (χ3v) is 3.94. The van der Waals surface area contributed by atoms with Gasteiger partial charge in [-0.3, -0.25) is 0 Å². The van der Waals surface area contributed by atoms with Crippen LogP contribution < -0.4 is 5.32 Å². The van der Waals surface area contributed by atoms with Crippen LogP contribution in [0.4, 0.5) is 4.39 Å². The SMILES string of the molecule is COC[C@@H](O)CNC1CC(C)(c2ccc(F)cc2)C1. The van der Waals surface area contributed by atoms with Crippen LogP contribution in [0.25, 0.3) is 0 Å². The van der Waals surface area contributed by atoms with Crippen molar-refractivity contribution in [3.63, 3.8) is 0 Å². The van der Waals surface area contributed by atoms with Crippen molar-refractivity contribution in [2.75, 3.05) is 20.3 Å². The smallest absolute Gasteiger partial charge is 0.123 e. The normalized spacial score (nSPS) is 27.9. The van der Waals surface area contributed by atoms with Gasteiger partial charge in [0.15, 0.2) is 0 Å². The highest BCUT2D eigenvalue weighted by Crippen LogP contribution is 2.43. The predicted octanol–water partition coefficient (Wildman–Crippen LogP) is 1.84. The van der Waals surface area contributed by atoms with E-state index in [1.807, 2.05) is 12.1 Å². The maximum absolute atomic E-state index is 12.9. The summed E-state index contributed by atoms with van der Waals surface area (Å²) in [6.45, 7) is 3.11. The molecule has 1 saturated carbocycles. The molecule has 2 N–H and O–H groups in total. The Bertz CT molecular complexity index is 401. The maximum Gasteiger partial charge on any atom is 0.123 e. The number of nitrogens with one attached hydrogen (secondary N) is 1. The summed E-state index contributed by atoms with van der Waals surface area (Å²) in [5.74, 6) is -0.191. The number of rotatable bonds is 6. The summed E-state index contributed by atoms with van der Waals surface area (Å²) >= 11 is 0. The molecule has 1 aliphatic carbocycles. The molecule has 0 radical (unpaired) electrons. The summed E-state index contributed by atoms with van der Waals surface area (Å²) in [6, 6.07) is 7.19. The van der Waals surface area contributed by atoms with Gasteiger partial charge in [0.05, 0.1) is 12.7 Å². The van der Waals surface area contributed by atoms with Gasteiger partial charge in [-0.1, -0.05) is 19.1 Å². The summed E-state index contributed by atoms with van der Waals surface area (Å²) in [5.41, 5.74) is 1.31. The fourth-order valence-corrected chi connectivity index (χ4v) is 2.81. The first-order chi connectivity index (χ1) is 9.03. The molecule has 2 rings (SSSR count). The molecule has 0 unspecified atom stereocenters. The lowest BCUT2D eigenvalue weighted by Crippen LogP contribution is -2.51. The quantitative estimate of drug-likeness (QED) is 0.826. The van der Waals surface area contributed by atoms with Crippen molar-refractivity contribution in [1.29, 1.82) is 0 Å². The van der Waals surface area contributed by atoms with E-state index in [1.165, 1.54) is 17.7 Å². The Hall–Kier alpha value is -0.970. The van der Waals surface area contributed by atoms with E-state index in [4.69, 9.17) is 4.74 Å². The minimum absolute atomic E-state index is 0.123. The molecule has 0 bridgehead atoms. The van der Waals surface area contributed by atoms with Crippen molar-refractivity contribution < 1.29 is 14.2 Å². The van der Waals surface area contributed by atoms with Crippen LogP contribution in [0.5, 0.6) is 0 Å². The second-order valence-corrected chi connectivity index (χ2v) is 5.69. The second kappa shape index (κ2) is 5.99. The third kappa shape index (κ3) is 3.53. The lowest BCUT2D eigenvalue weighted by atomic mass is 9.63. The highest BCUT2D eigenvalue weighted by atomic mass is 19.1. The molecule has 1 aromatic carbocycles. The summed E-state index contributed by atoms with van der Waals surface area (Å²) in [4.78, 5) is 0. The number of halogens is 1. The molecule has 0 saturated heterocycles. The van der Waals surface area contributed by atoms with Crippen LogP contribution in [0, 0.1) is 5.82 Å². The molecule has 1 aliphatic rings. The molecule has 1 atom stereocenters. The Labute approximate surface area is 113 Å². The molecule has 1 fully saturated rings. The monoisotopic (exact) mass is 267 g/mol. The second-order valence-electron chi connectivity index (χ2n) is 5.69. The zero-order valence-corrected chi connectivity index (χ0v) is 11.5. The molecule has 19 heavy (non-hydrogen) atoms. The fraction of sp³-hybridized carbons (Fsp3) is 0.600. The standard InChI is InChI=1S/C15H22FNO2/c1-15(11-3-5-12(16)6-4-11)7-13(8-15)17-9-14(18)10-19-2/h3-6,13-14,17-18H,7-10H2,1-2H3/t13?,14-,15?/m0/s1. The van der Waals surface area contributed by atoms with E-state index in [0.29, 0.717) is 19.2 Å². The van der Waals surface area contributed by atoms with E-state index in [2.05, 4.69) is 12.2 Å². The predicted molar refractivity (Wildman–Crippen MR) is 72.7 cm³/mol. The zero-order valence-electron chi connectivity index (χ0n) is 11.5. The first kappa shape index (κ1) is 14.4. The van der Waals surface area contributed by atoms with E-state index >= 15 is 0 Å². The van der Waals surface area contributed by atoms with Crippen LogP contribution in [-0.4, -0.2) is 37.5 Å². The number of hydrogen-bond acceptors (Lipinski definition) is 3. The molecular weight excluding hydrogens is 245 g/mol. The molecule has 4 heteroatoms. The van der Waals surface area contributed by atoms with Crippen LogP contribution in [0.2, 0.25) is 0 Å². The largest absolute Gasteiger partial charge is 0.389 e. The highest BCUT2D eigenvalue weighted by molar-refractivity contribution is 5.29. The van der Waals surface area contributed by atoms with Gasteiger partial charge in [-0.2, -0.15) is 0 Å². The molecule has 0 aliphatic heterocycles. The number of ether oxygens (including phenoxy) is 1. The van der Waals surface area contributed by atoms with Crippen LogP contribution >= 0.6 is 0 Å². The molecule has 1 aromatic rings. The topological polar surface area (TPSA) is 41.5 Å². The van der Waals surface area contributed by atoms with Crippen LogP contribution in [0.15, 0.2) is 24.3 Å². The van der Waals surface area contributed by atoms with Gasteiger partial charge in [0.25, 0.3) is 0 Å². The first-order valence-corrected chi connectivity index (χ1v) is 6.70. The Balaban J connectivity index is 1.79. The third-order valence-electron chi connectivity index (χ3n) is 3.94. The van der Waals surface area contributed by atoms with Crippen LogP contribution in [0.3, 0.4) is 0 Å². The summed E-state index contributed by atoms with van der Waals surface area (Å²) < 4.78 is 17.8. The van der Waals surface area contributed by atoms with Gasteiger partial charge in [0.2, 0.25) is 0 Å². The van der Waals surface area contributed by atoms with Crippen molar-refractivity contribution in [3.05, 3.63) is 35.6 Å². The minimum atomic E-state index is -0.456. The van der Waals surface area contributed by atoms with E-state index in [-0.39, 0.29) is 11.2 Å².